The predicted molar refractivity (Wildman–Crippen MR) is 69.6 cm³/mol. The summed E-state index contributed by atoms with van der Waals surface area (Å²) in [5, 5.41) is 6.58. The van der Waals surface area contributed by atoms with Crippen LogP contribution in [0.15, 0.2) is 36.7 Å². The number of nitrogens with zero attached hydrogens (tertiary/aromatic N) is 2. The zero-order chi connectivity index (χ0) is 13.0. The molecular formula is C13H16N4O. The van der Waals surface area contributed by atoms with Crippen LogP contribution in [0.3, 0.4) is 0 Å². The SMILES string of the molecule is CN(Cc1cn[nH]c1)C(=O)Cc1cccc(N)c1. The molecule has 0 unspecified atom stereocenters. The molecule has 0 saturated heterocycles. The molecule has 0 atom stereocenters. The highest BCUT2D eigenvalue weighted by molar-refractivity contribution is 5.78. The van der Waals surface area contributed by atoms with Gasteiger partial charge in [0.1, 0.15) is 0 Å². The second-order valence-corrected chi connectivity index (χ2v) is 4.28. The number of aromatic amines is 1. The van der Waals surface area contributed by atoms with Crippen LogP contribution in [0.2, 0.25) is 0 Å². The van der Waals surface area contributed by atoms with Crippen LogP contribution in [-0.4, -0.2) is 28.1 Å². The van der Waals surface area contributed by atoms with E-state index < -0.39 is 0 Å². The molecule has 0 aliphatic heterocycles. The quantitative estimate of drug-likeness (QED) is 0.793. The van der Waals surface area contributed by atoms with Gasteiger partial charge in [0.05, 0.1) is 12.6 Å². The van der Waals surface area contributed by atoms with Crippen molar-refractivity contribution in [2.75, 3.05) is 12.8 Å². The van der Waals surface area contributed by atoms with Gasteiger partial charge < -0.3 is 10.6 Å². The summed E-state index contributed by atoms with van der Waals surface area (Å²) in [7, 11) is 1.78. The first-order valence-electron chi connectivity index (χ1n) is 5.71. The lowest BCUT2D eigenvalue weighted by Crippen LogP contribution is -2.27. The fourth-order valence-corrected chi connectivity index (χ4v) is 1.74. The Labute approximate surface area is 106 Å². The Morgan fingerprint density at radius 1 is 1.44 bits per heavy atom. The maximum atomic E-state index is 12.0. The molecule has 0 fully saturated rings. The molecule has 18 heavy (non-hydrogen) atoms. The number of anilines is 1. The lowest BCUT2D eigenvalue weighted by Gasteiger charge is -2.16. The van der Waals surface area contributed by atoms with E-state index in [1.54, 1.807) is 24.3 Å². The van der Waals surface area contributed by atoms with E-state index in [-0.39, 0.29) is 5.91 Å². The van der Waals surface area contributed by atoms with E-state index in [2.05, 4.69) is 10.2 Å². The zero-order valence-electron chi connectivity index (χ0n) is 10.3. The molecule has 0 spiro atoms. The Morgan fingerprint density at radius 2 is 2.28 bits per heavy atom. The summed E-state index contributed by atoms with van der Waals surface area (Å²) in [6.07, 6.45) is 3.86. The first kappa shape index (κ1) is 12.2. The van der Waals surface area contributed by atoms with Crippen LogP contribution >= 0.6 is 0 Å². The topological polar surface area (TPSA) is 75.0 Å². The maximum Gasteiger partial charge on any atom is 0.227 e. The molecule has 94 valence electrons. The average molecular weight is 244 g/mol. The van der Waals surface area contributed by atoms with Gasteiger partial charge in [-0.15, -0.1) is 0 Å². The largest absolute Gasteiger partial charge is 0.399 e. The minimum Gasteiger partial charge on any atom is -0.399 e. The lowest BCUT2D eigenvalue weighted by atomic mass is 10.1. The van der Waals surface area contributed by atoms with Crippen LogP contribution in [0.25, 0.3) is 0 Å². The Morgan fingerprint density at radius 3 is 2.94 bits per heavy atom. The number of nitrogens with two attached hydrogens (primary N) is 1. The molecule has 0 saturated carbocycles. The monoisotopic (exact) mass is 244 g/mol. The summed E-state index contributed by atoms with van der Waals surface area (Å²) < 4.78 is 0. The smallest absolute Gasteiger partial charge is 0.227 e. The number of likely N-dealkylation sites (N-methyl/N-ethyl adjacent to an activating group) is 1. The van der Waals surface area contributed by atoms with Crippen molar-refractivity contribution in [2.24, 2.45) is 0 Å². The lowest BCUT2D eigenvalue weighted by molar-refractivity contribution is -0.129. The summed E-state index contributed by atoms with van der Waals surface area (Å²) in [5.74, 6) is 0.0572. The summed E-state index contributed by atoms with van der Waals surface area (Å²) in [6.45, 7) is 0.553. The van der Waals surface area contributed by atoms with Gasteiger partial charge in [-0.25, -0.2) is 0 Å². The highest BCUT2D eigenvalue weighted by Gasteiger charge is 2.10. The molecule has 1 heterocycles. The Balaban J connectivity index is 1.95. The minimum absolute atomic E-state index is 0.0572. The highest BCUT2D eigenvalue weighted by atomic mass is 16.2. The third kappa shape index (κ3) is 3.10. The van der Waals surface area contributed by atoms with Gasteiger partial charge in [0.2, 0.25) is 5.91 Å². The van der Waals surface area contributed by atoms with Crippen LogP contribution in [0.5, 0.6) is 0 Å². The number of rotatable bonds is 4. The van der Waals surface area contributed by atoms with E-state index in [1.165, 1.54) is 0 Å². The summed E-state index contributed by atoms with van der Waals surface area (Å²) in [4.78, 5) is 13.7. The highest BCUT2D eigenvalue weighted by Crippen LogP contribution is 2.09. The molecule has 0 aliphatic rings. The first-order chi connectivity index (χ1) is 8.65. The normalized spacial score (nSPS) is 10.3. The van der Waals surface area contributed by atoms with Gasteiger partial charge in [-0.05, 0) is 17.7 Å². The van der Waals surface area contributed by atoms with Crippen LogP contribution in [0.4, 0.5) is 5.69 Å². The Hall–Kier alpha value is -2.30. The van der Waals surface area contributed by atoms with Gasteiger partial charge in [-0.3, -0.25) is 9.89 Å². The molecule has 0 aliphatic carbocycles. The van der Waals surface area contributed by atoms with Crippen LogP contribution in [-0.2, 0) is 17.8 Å². The molecule has 1 aromatic heterocycles. The van der Waals surface area contributed by atoms with Crippen molar-refractivity contribution in [1.82, 2.24) is 15.1 Å². The standard InChI is InChI=1S/C13H16N4O/c1-17(9-11-7-15-16-8-11)13(18)6-10-3-2-4-12(14)5-10/h2-5,7-8H,6,9,14H2,1H3,(H,15,16). The number of H-pyrrole nitrogens is 1. The number of hydrogen-bond donors (Lipinski definition) is 2. The number of benzene rings is 1. The van der Waals surface area contributed by atoms with E-state index >= 15 is 0 Å². The Kier molecular flexibility index (Phi) is 3.62. The Bertz CT molecular complexity index is 522. The van der Waals surface area contributed by atoms with Gasteiger partial charge in [0.15, 0.2) is 0 Å². The van der Waals surface area contributed by atoms with Crippen molar-refractivity contribution < 1.29 is 4.79 Å². The number of amides is 1. The van der Waals surface area contributed by atoms with Crippen molar-refractivity contribution in [3.63, 3.8) is 0 Å². The molecule has 2 rings (SSSR count). The molecule has 0 bridgehead atoms. The maximum absolute atomic E-state index is 12.0. The van der Waals surface area contributed by atoms with Gasteiger partial charge >= 0.3 is 0 Å². The predicted octanol–water partition coefficient (Wildman–Crippen LogP) is 1.19. The van der Waals surface area contributed by atoms with Crippen LogP contribution in [0.1, 0.15) is 11.1 Å². The summed E-state index contributed by atoms with van der Waals surface area (Å²) >= 11 is 0. The van der Waals surface area contributed by atoms with E-state index in [0.29, 0.717) is 18.7 Å². The molecule has 1 amide bonds. The zero-order valence-corrected chi connectivity index (χ0v) is 10.3. The first-order valence-corrected chi connectivity index (χ1v) is 5.71. The summed E-state index contributed by atoms with van der Waals surface area (Å²) in [6, 6.07) is 7.39. The van der Waals surface area contributed by atoms with E-state index in [4.69, 9.17) is 5.73 Å². The number of nitrogens with one attached hydrogen (secondary N) is 1. The van der Waals surface area contributed by atoms with Crippen LogP contribution < -0.4 is 5.73 Å². The fraction of sp³-hybridized carbons (Fsp3) is 0.231. The van der Waals surface area contributed by atoms with Crippen molar-refractivity contribution in [3.05, 3.63) is 47.8 Å². The number of carbonyl (C=O) groups is 1. The molecular weight excluding hydrogens is 228 g/mol. The van der Waals surface area contributed by atoms with E-state index in [9.17, 15) is 4.79 Å². The molecule has 2 aromatic rings. The minimum atomic E-state index is 0.0572. The van der Waals surface area contributed by atoms with Crippen molar-refractivity contribution in [3.8, 4) is 0 Å². The molecule has 0 radical (unpaired) electrons. The molecule has 3 N–H and O–H groups in total. The third-order valence-corrected chi connectivity index (χ3v) is 2.71. The molecule has 1 aromatic carbocycles. The van der Waals surface area contributed by atoms with Crippen molar-refractivity contribution >= 4 is 11.6 Å². The van der Waals surface area contributed by atoms with E-state index in [1.807, 2.05) is 24.3 Å². The van der Waals surface area contributed by atoms with Gasteiger partial charge in [0, 0.05) is 31.0 Å². The third-order valence-electron chi connectivity index (χ3n) is 2.71. The fourth-order valence-electron chi connectivity index (χ4n) is 1.74. The number of carbonyl (C=O) groups excluding carboxylic acids is 1. The number of hydrogen-bond acceptors (Lipinski definition) is 3. The second kappa shape index (κ2) is 5.35. The van der Waals surface area contributed by atoms with Crippen molar-refractivity contribution in [2.45, 2.75) is 13.0 Å². The molecule has 5 heteroatoms. The van der Waals surface area contributed by atoms with Crippen LogP contribution in [0, 0.1) is 0 Å². The average Bonchev–Trinajstić information content (AvgIpc) is 2.81. The number of nitrogen functional groups attached to an aromatic ring is 1. The van der Waals surface area contributed by atoms with Crippen molar-refractivity contribution in [1.29, 1.82) is 0 Å². The van der Waals surface area contributed by atoms with E-state index in [0.717, 1.165) is 11.1 Å². The van der Waals surface area contributed by atoms with Gasteiger partial charge in [-0.1, -0.05) is 12.1 Å². The van der Waals surface area contributed by atoms with Gasteiger partial charge in [0.25, 0.3) is 0 Å². The summed E-state index contributed by atoms with van der Waals surface area (Å²) in [5.41, 5.74) is 8.28. The number of aromatic nitrogens is 2. The molecule has 5 nitrogen and oxygen atoms in total. The van der Waals surface area contributed by atoms with Gasteiger partial charge in [-0.2, -0.15) is 5.10 Å². The second-order valence-electron chi connectivity index (χ2n) is 4.28.